The molecule has 2 nitrogen and oxygen atoms in total. The molecule has 2 rings (SSSR count). The third kappa shape index (κ3) is 1.94. The maximum atomic E-state index is 5.36. The van der Waals surface area contributed by atoms with E-state index in [1.165, 1.54) is 57.8 Å². The first-order chi connectivity index (χ1) is 7.22. The zero-order valence-corrected chi connectivity index (χ0v) is 10.1. The van der Waals surface area contributed by atoms with E-state index < -0.39 is 0 Å². The SMILES string of the molecule is CC1(C2(CON)CCCC2)CCCCC1. The maximum Gasteiger partial charge on any atom is 0.0740 e. The van der Waals surface area contributed by atoms with Crippen LogP contribution in [0, 0.1) is 10.8 Å². The zero-order chi connectivity index (χ0) is 10.8. The largest absolute Gasteiger partial charge is 0.304 e. The number of nitrogens with two attached hydrogens (primary N) is 1. The van der Waals surface area contributed by atoms with Crippen LogP contribution in [-0.4, -0.2) is 6.61 Å². The van der Waals surface area contributed by atoms with E-state index in [9.17, 15) is 0 Å². The molecule has 0 spiro atoms. The predicted octanol–water partition coefficient (Wildman–Crippen LogP) is 3.41. The quantitative estimate of drug-likeness (QED) is 0.726. The molecule has 2 saturated carbocycles. The Morgan fingerprint density at radius 1 is 0.933 bits per heavy atom. The molecule has 88 valence electrons. The molecule has 15 heavy (non-hydrogen) atoms. The molecule has 2 aliphatic carbocycles. The normalized spacial score (nSPS) is 29.2. The van der Waals surface area contributed by atoms with E-state index in [1.54, 1.807) is 0 Å². The molecule has 0 saturated heterocycles. The van der Waals surface area contributed by atoms with Crippen molar-refractivity contribution in [3.8, 4) is 0 Å². The Morgan fingerprint density at radius 3 is 2.00 bits per heavy atom. The summed E-state index contributed by atoms with van der Waals surface area (Å²) in [5.74, 6) is 5.36. The molecule has 0 amide bonds. The van der Waals surface area contributed by atoms with Gasteiger partial charge < -0.3 is 4.84 Å². The molecular weight excluding hydrogens is 186 g/mol. The maximum absolute atomic E-state index is 5.36. The van der Waals surface area contributed by atoms with Crippen molar-refractivity contribution in [2.45, 2.75) is 64.7 Å². The van der Waals surface area contributed by atoms with Crippen molar-refractivity contribution in [1.82, 2.24) is 0 Å². The summed E-state index contributed by atoms with van der Waals surface area (Å²) in [4.78, 5) is 5.05. The van der Waals surface area contributed by atoms with Crippen LogP contribution in [0.25, 0.3) is 0 Å². The monoisotopic (exact) mass is 211 g/mol. The van der Waals surface area contributed by atoms with Crippen molar-refractivity contribution >= 4 is 0 Å². The van der Waals surface area contributed by atoms with E-state index in [0.717, 1.165) is 6.61 Å². The van der Waals surface area contributed by atoms with Crippen LogP contribution in [0.3, 0.4) is 0 Å². The third-order valence-electron chi connectivity index (χ3n) is 5.16. The lowest BCUT2D eigenvalue weighted by Crippen LogP contribution is -2.43. The van der Waals surface area contributed by atoms with Gasteiger partial charge in [-0.1, -0.05) is 39.0 Å². The Morgan fingerprint density at radius 2 is 1.47 bits per heavy atom. The van der Waals surface area contributed by atoms with Crippen LogP contribution >= 0.6 is 0 Å². The van der Waals surface area contributed by atoms with Crippen molar-refractivity contribution in [2.24, 2.45) is 16.7 Å². The van der Waals surface area contributed by atoms with Gasteiger partial charge in [-0.05, 0) is 31.1 Å². The fourth-order valence-electron chi connectivity index (χ4n) is 4.00. The van der Waals surface area contributed by atoms with Crippen LogP contribution in [-0.2, 0) is 4.84 Å². The summed E-state index contributed by atoms with van der Waals surface area (Å²) in [6.07, 6.45) is 12.4. The topological polar surface area (TPSA) is 35.2 Å². The second-order valence-corrected chi connectivity index (χ2v) is 5.92. The first kappa shape index (κ1) is 11.4. The van der Waals surface area contributed by atoms with Gasteiger partial charge in [0.05, 0.1) is 6.61 Å². The molecule has 0 heterocycles. The fraction of sp³-hybridized carbons (Fsp3) is 1.00. The van der Waals surface area contributed by atoms with Crippen molar-refractivity contribution < 1.29 is 4.84 Å². The molecule has 2 aliphatic rings. The summed E-state index contributed by atoms with van der Waals surface area (Å²) < 4.78 is 0. The van der Waals surface area contributed by atoms with Crippen LogP contribution in [0.4, 0.5) is 0 Å². The smallest absolute Gasteiger partial charge is 0.0740 e. The summed E-state index contributed by atoms with van der Waals surface area (Å²) in [5, 5.41) is 0. The highest BCUT2D eigenvalue weighted by Crippen LogP contribution is 2.57. The summed E-state index contributed by atoms with van der Waals surface area (Å²) in [6.45, 7) is 3.26. The first-order valence-corrected chi connectivity index (χ1v) is 6.54. The number of hydrogen-bond acceptors (Lipinski definition) is 2. The lowest BCUT2D eigenvalue weighted by Gasteiger charge is -2.48. The van der Waals surface area contributed by atoms with E-state index >= 15 is 0 Å². The Bertz CT molecular complexity index is 203. The van der Waals surface area contributed by atoms with Crippen molar-refractivity contribution in [3.05, 3.63) is 0 Å². The molecule has 2 heteroatoms. The van der Waals surface area contributed by atoms with Crippen molar-refractivity contribution in [1.29, 1.82) is 0 Å². The molecule has 0 radical (unpaired) electrons. The van der Waals surface area contributed by atoms with Gasteiger partial charge in [0, 0.05) is 5.41 Å². The zero-order valence-electron chi connectivity index (χ0n) is 10.1. The summed E-state index contributed by atoms with van der Waals surface area (Å²) >= 11 is 0. The molecule has 0 aromatic heterocycles. The molecule has 0 aromatic carbocycles. The van der Waals surface area contributed by atoms with Crippen molar-refractivity contribution in [2.75, 3.05) is 6.61 Å². The Kier molecular flexibility index (Phi) is 3.36. The highest BCUT2D eigenvalue weighted by atomic mass is 16.6. The number of hydrogen-bond donors (Lipinski definition) is 1. The summed E-state index contributed by atoms with van der Waals surface area (Å²) in [6, 6.07) is 0. The highest BCUT2D eigenvalue weighted by molar-refractivity contribution is 4.99. The van der Waals surface area contributed by atoms with E-state index in [0.29, 0.717) is 10.8 Å². The molecule has 0 bridgehead atoms. The van der Waals surface area contributed by atoms with Gasteiger partial charge >= 0.3 is 0 Å². The molecule has 2 N–H and O–H groups in total. The van der Waals surface area contributed by atoms with Crippen LogP contribution in [0.15, 0.2) is 0 Å². The minimum atomic E-state index is 0.405. The minimum Gasteiger partial charge on any atom is -0.304 e. The minimum absolute atomic E-state index is 0.405. The van der Waals surface area contributed by atoms with E-state index in [-0.39, 0.29) is 0 Å². The summed E-state index contributed by atoms with van der Waals surface area (Å²) in [7, 11) is 0. The molecular formula is C13H25NO. The van der Waals surface area contributed by atoms with Gasteiger partial charge in [-0.2, -0.15) is 0 Å². The van der Waals surface area contributed by atoms with Crippen LogP contribution in [0.5, 0.6) is 0 Å². The first-order valence-electron chi connectivity index (χ1n) is 6.54. The Balaban J connectivity index is 2.14. The summed E-state index contributed by atoms with van der Waals surface area (Å²) in [5.41, 5.74) is 0.906. The molecule has 0 aliphatic heterocycles. The van der Waals surface area contributed by atoms with Gasteiger partial charge in [0.15, 0.2) is 0 Å². The van der Waals surface area contributed by atoms with E-state index in [2.05, 4.69) is 6.92 Å². The molecule has 0 aromatic rings. The van der Waals surface area contributed by atoms with E-state index in [1.807, 2.05) is 0 Å². The lowest BCUT2D eigenvalue weighted by atomic mass is 9.57. The second kappa shape index (κ2) is 4.42. The van der Waals surface area contributed by atoms with Gasteiger partial charge in [-0.25, -0.2) is 5.90 Å². The lowest BCUT2D eigenvalue weighted by molar-refractivity contribution is -0.0581. The van der Waals surface area contributed by atoms with Gasteiger partial charge in [-0.15, -0.1) is 0 Å². The van der Waals surface area contributed by atoms with Crippen LogP contribution < -0.4 is 5.90 Å². The van der Waals surface area contributed by atoms with Gasteiger partial charge in [-0.3, -0.25) is 0 Å². The molecule has 2 fully saturated rings. The Labute approximate surface area is 93.5 Å². The van der Waals surface area contributed by atoms with Crippen LogP contribution in [0.1, 0.15) is 64.7 Å². The van der Waals surface area contributed by atoms with Crippen LogP contribution in [0.2, 0.25) is 0 Å². The van der Waals surface area contributed by atoms with E-state index in [4.69, 9.17) is 10.7 Å². The molecule has 0 unspecified atom stereocenters. The average Bonchev–Trinajstić information content (AvgIpc) is 2.70. The predicted molar refractivity (Wildman–Crippen MR) is 62.2 cm³/mol. The Hall–Kier alpha value is -0.0800. The second-order valence-electron chi connectivity index (χ2n) is 5.92. The van der Waals surface area contributed by atoms with Gasteiger partial charge in [0.1, 0.15) is 0 Å². The molecule has 0 atom stereocenters. The fourth-order valence-corrected chi connectivity index (χ4v) is 4.00. The standard InChI is InChI=1S/C13H25NO/c1-12(7-3-2-4-8-12)13(11-15-14)9-5-6-10-13/h2-11,14H2,1H3. The van der Waals surface area contributed by atoms with Gasteiger partial charge in [0.2, 0.25) is 0 Å². The highest BCUT2D eigenvalue weighted by Gasteiger charge is 2.49. The van der Waals surface area contributed by atoms with Crippen molar-refractivity contribution in [3.63, 3.8) is 0 Å². The van der Waals surface area contributed by atoms with Gasteiger partial charge in [0.25, 0.3) is 0 Å². The number of rotatable bonds is 3. The average molecular weight is 211 g/mol. The third-order valence-corrected chi connectivity index (χ3v) is 5.16.